The number of aromatic amines is 1. The number of carbonyl (C=O) groups is 1. The van der Waals surface area contributed by atoms with E-state index in [0.29, 0.717) is 30.7 Å². The smallest absolute Gasteiger partial charge is 0.266 e. The zero-order valence-electron chi connectivity index (χ0n) is 12.9. The van der Waals surface area contributed by atoms with Gasteiger partial charge in [0.25, 0.3) is 5.56 Å². The standard InChI is InChI=1S/C15H21N3O3/c1-9(8-21-4)17-14(19)6-5-12-10(2)13(7-16)15(20)18-11(12)3/h9H,5-6,8H2,1-4H3,(H,17,19)(H,18,20). The Bertz CT molecular complexity index is 614. The Balaban J connectivity index is 2.79. The van der Waals surface area contributed by atoms with Gasteiger partial charge >= 0.3 is 0 Å². The van der Waals surface area contributed by atoms with Gasteiger partial charge in [0.05, 0.1) is 6.61 Å². The molecule has 1 unspecified atom stereocenters. The fourth-order valence-electron chi connectivity index (χ4n) is 2.30. The van der Waals surface area contributed by atoms with Crippen molar-refractivity contribution in [3.05, 3.63) is 32.7 Å². The normalized spacial score (nSPS) is 11.8. The predicted molar refractivity (Wildman–Crippen MR) is 79.1 cm³/mol. The van der Waals surface area contributed by atoms with Crippen molar-refractivity contribution in [3.63, 3.8) is 0 Å². The molecule has 114 valence electrons. The highest BCUT2D eigenvalue weighted by Gasteiger charge is 2.14. The van der Waals surface area contributed by atoms with E-state index in [0.717, 1.165) is 5.56 Å². The summed E-state index contributed by atoms with van der Waals surface area (Å²) >= 11 is 0. The summed E-state index contributed by atoms with van der Waals surface area (Å²) in [6.07, 6.45) is 0.779. The van der Waals surface area contributed by atoms with Gasteiger partial charge in [0, 0.05) is 25.3 Å². The van der Waals surface area contributed by atoms with Crippen molar-refractivity contribution in [1.29, 1.82) is 5.26 Å². The summed E-state index contributed by atoms with van der Waals surface area (Å²) in [4.78, 5) is 26.1. The first-order chi connectivity index (χ1) is 9.90. The lowest BCUT2D eigenvalue weighted by Crippen LogP contribution is -2.35. The predicted octanol–water partition coefficient (Wildman–Crippen LogP) is 0.947. The molecule has 6 nitrogen and oxygen atoms in total. The van der Waals surface area contributed by atoms with Crippen molar-refractivity contribution >= 4 is 5.91 Å². The first-order valence-electron chi connectivity index (χ1n) is 6.81. The van der Waals surface area contributed by atoms with Gasteiger partial charge in [-0.3, -0.25) is 9.59 Å². The maximum Gasteiger partial charge on any atom is 0.266 e. The number of carbonyl (C=O) groups excluding carboxylic acids is 1. The molecule has 1 aromatic heterocycles. The van der Waals surface area contributed by atoms with Crippen LogP contribution in [0, 0.1) is 25.2 Å². The highest BCUT2D eigenvalue weighted by molar-refractivity contribution is 5.76. The van der Waals surface area contributed by atoms with E-state index in [4.69, 9.17) is 10.00 Å². The second kappa shape index (κ2) is 7.60. The Labute approximate surface area is 124 Å². The number of nitriles is 1. The third-order valence-corrected chi connectivity index (χ3v) is 3.35. The summed E-state index contributed by atoms with van der Waals surface area (Å²) in [5, 5.41) is 11.8. The van der Waals surface area contributed by atoms with Crippen molar-refractivity contribution in [3.8, 4) is 6.07 Å². The highest BCUT2D eigenvalue weighted by Crippen LogP contribution is 2.14. The van der Waals surface area contributed by atoms with E-state index < -0.39 is 0 Å². The lowest BCUT2D eigenvalue weighted by molar-refractivity contribution is -0.122. The molecule has 0 radical (unpaired) electrons. The second-order valence-electron chi connectivity index (χ2n) is 5.09. The number of nitrogens with one attached hydrogen (secondary N) is 2. The number of methoxy groups -OCH3 is 1. The van der Waals surface area contributed by atoms with Crippen LogP contribution in [-0.4, -0.2) is 30.6 Å². The van der Waals surface area contributed by atoms with Crippen molar-refractivity contribution in [2.24, 2.45) is 0 Å². The van der Waals surface area contributed by atoms with Gasteiger partial charge in [-0.1, -0.05) is 0 Å². The quantitative estimate of drug-likeness (QED) is 0.815. The average molecular weight is 291 g/mol. The molecule has 0 aliphatic heterocycles. The number of nitrogens with zero attached hydrogens (tertiary/aromatic N) is 1. The van der Waals surface area contributed by atoms with Gasteiger partial charge in [-0.05, 0) is 38.3 Å². The Morgan fingerprint density at radius 3 is 2.71 bits per heavy atom. The van der Waals surface area contributed by atoms with E-state index in [2.05, 4.69) is 10.3 Å². The number of aromatic nitrogens is 1. The number of hydrogen-bond donors (Lipinski definition) is 2. The number of aryl methyl sites for hydroxylation is 1. The third kappa shape index (κ3) is 4.43. The molecule has 1 aromatic rings. The summed E-state index contributed by atoms with van der Waals surface area (Å²) in [5.74, 6) is -0.0805. The van der Waals surface area contributed by atoms with E-state index in [9.17, 15) is 9.59 Å². The molecule has 1 amide bonds. The fraction of sp³-hybridized carbons (Fsp3) is 0.533. The molecule has 1 rings (SSSR count). The van der Waals surface area contributed by atoms with Crippen molar-refractivity contribution in [2.75, 3.05) is 13.7 Å². The molecule has 1 heterocycles. The van der Waals surface area contributed by atoms with Gasteiger partial charge in [0.2, 0.25) is 5.91 Å². The van der Waals surface area contributed by atoms with Crippen LogP contribution in [0.5, 0.6) is 0 Å². The molecule has 0 aliphatic carbocycles. The zero-order chi connectivity index (χ0) is 16.0. The maximum atomic E-state index is 11.8. The first-order valence-corrected chi connectivity index (χ1v) is 6.81. The molecule has 0 spiro atoms. The molecule has 21 heavy (non-hydrogen) atoms. The topological polar surface area (TPSA) is 95.0 Å². The number of rotatable bonds is 6. The molecular weight excluding hydrogens is 270 g/mol. The number of amides is 1. The second-order valence-corrected chi connectivity index (χ2v) is 5.09. The monoisotopic (exact) mass is 291 g/mol. The average Bonchev–Trinajstić information content (AvgIpc) is 2.38. The molecule has 6 heteroatoms. The van der Waals surface area contributed by atoms with Gasteiger partial charge in [0.15, 0.2) is 0 Å². The SMILES string of the molecule is COCC(C)NC(=O)CCc1c(C)[nH]c(=O)c(C#N)c1C. The molecule has 2 N–H and O–H groups in total. The molecule has 0 fully saturated rings. The van der Waals surface area contributed by atoms with Crippen molar-refractivity contribution < 1.29 is 9.53 Å². The summed E-state index contributed by atoms with van der Waals surface area (Å²) < 4.78 is 4.96. The van der Waals surface area contributed by atoms with E-state index in [1.807, 2.05) is 13.0 Å². The van der Waals surface area contributed by atoms with Gasteiger partial charge in [0.1, 0.15) is 11.6 Å². The maximum absolute atomic E-state index is 11.8. The van der Waals surface area contributed by atoms with Crippen LogP contribution in [0.1, 0.15) is 35.7 Å². The van der Waals surface area contributed by atoms with Gasteiger partial charge in [-0.15, -0.1) is 0 Å². The number of ether oxygens (including phenoxy) is 1. The Hall–Kier alpha value is -2.13. The van der Waals surface area contributed by atoms with Gasteiger partial charge in [-0.2, -0.15) is 5.26 Å². The molecule has 0 aliphatic rings. The van der Waals surface area contributed by atoms with E-state index in [1.165, 1.54) is 0 Å². The van der Waals surface area contributed by atoms with Crippen LogP contribution < -0.4 is 10.9 Å². The van der Waals surface area contributed by atoms with Crippen LogP contribution in [0.2, 0.25) is 0 Å². The largest absolute Gasteiger partial charge is 0.383 e. The zero-order valence-corrected chi connectivity index (χ0v) is 12.9. The molecule has 0 aromatic carbocycles. The number of H-pyrrole nitrogens is 1. The fourth-order valence-corrected chi connectivity index (χ4v) is 2.30. The number of pyridine rings is 1. The molecule has 0 saturated heterocycles. The lowest BCUT2D eigenvalue weighted by Gasteiger charge is -2.14. The highest BCUT2D eigenvalue weighted by atomic mass is 16.5. The Morgan fingerprint density at radius 1 is 1.48 bits per heavy atom. The van der Waals surface area contributed by atoms with Gasteiger partial charge in [-0.25, -0.2) is 0 Å². The van der Waals surface area contributed by atoms with E-state index in [-0.39, 0.29) is 23.1 Å². The summed E-state index contributed by atoms with van der Waals surface area (Å²) in [5.41, 5.74) is 1.93. The van der Waals surface area contributed by atoms with E-state index in [1.54, 1.807) is 21.0 Å². The molecule has 1 atom stereocenters. The summed E-state index contributed by atoms with van der Waals surface area (Å²) in [7, 11) is 1.58. The minimum atomic E-state index is -0.380. The van der Waals surface area contributed by atoms with Crippen LogP contribution in [0.4, 0.5) is 0 Å². The lowest BCUT2D eigenvalue weighted by atomic mass is 9.99. The van der Waals surface area contributed by atoms with Crippen molar-refractivity contribution in [1.82, 2.24) is 10.3 Å². The first kappa shape index (κ1) is 16.9. The summed E-state index contributed by atoms with van der Waals surface area (Å²) in [6.45, 7) is 5.84. The third-order valence-electron chi connectivity index (χ3n) is 3.35. The van der Waals surface area contributed by atoms with Crippen LogP contribution in [0.25, 0.3) is 0 Å². The van der Waals surface area contributed by atoms with Crippen LogP contribution in [0.15, 0.2) is 4.79 Å². The summed E-state index contributed by atoms with van der Waals surface area (Å²) in [6, 6.07) is 1.86. The van der Waals surface area contributed by atoms with Crippen molar-refractivity contribution in [2.45, 2.75) is 39.7 Å². The molecular formula is C15H21N3O3. The van der Waals surface area contributed by atoms with Gasteiger partial charge < -0.3 is 15.0 Å². The minimum absolute atomic E-state index is 0.0463. The Morgan fingerprint density at radius 2 is 2.14 bits per heavy atom. The Kier molecular flexibility index (Phi) is 6.12. The van der Waals surface area contributed by atoms with Crippen LogP contribution in [-0.2, 0) is 16.0 Å². The van der Waals surface area contributed by atoms with Crippen LogP contribution in [0.3, 0.4) is 0 Å². The van der Waals surface area contributed by atoms with E-state index >= 15 is 0 Å². The van der Waals surface area contributed by atoms with Crippen LogP contribution >= 0.6 is 0 Å². The number of hydrogen-bond acceptors (Lipinski definition) is 4. The minimum Gasteiger partial charge on any atom is -0.383 e. The molecule has 0 bridgehead atoms. The molecule has 0 saturated carbocycles.